The number of benzene rings is 1. The molecule has 1 unspecified atom stereocenters. The molecule has 1 aromatic carbocycles. The molecule has 1 saturated heterocycles. The Morgan fingerprint density at radius 2 is 2.12 bits per heavy atom. The minimum absolute atomic E-state index is 0.0292. The molecule has 26 heavy (non-hydrogen) atoms. The number of aromatic nitrogens is 1. The number of nitrogens with zero attached hydrogens (tertiary/aromatic N) is 2. The molecule has 0 aliphatic carbocycles. The second-order valence-corrected chi connectivity index (χ2v) is 9.39. The summed E-state index contributed by atoms with van der Waals surface area (Å²) in [6.45, 7) is 0.987. The topological polar surface area (TPSA) is 76.6 Å². The minimum Gasteiger partial charge on any atom is -0.385 e. The van der Waals surface area contributed by atoms with Crippen LogP contribution in [0.4, 0.5) is 0 Å². The van der Waals surface area contributed by atoms with E-state index in [-0.39, 0.29) is 23.5 Å². The molecule has 0 saturated carbocycles. The number of rotatable bonds is 7. The van der Waals surface area contributed by atoms with Crippen molar-refractivity contribution in [3.8, 4) is 10.6 Å². The van der Waals surface area contributed by atoms with Gasteiger partial charge in [-0.25, -0.2) is 13.4 Å². The molecular formula is C18H22N2O4S2. The summed E-state index contributed by atoms with van der Waals surface area (Å²) >= 11 is 1.42. The molecule has 1 fully saturated rings. The lowest BCUT2D eigenvalue weighted by atomic mass is 10.2. The van der Waals surface area contributed by atoms with E-state index in [1.165, 1.54) is 11.3 Å². The van der Waals surface area contributed by atoms with Crippen molar-refractivity contribution < 1.29 is 17.9 Å². The summed E-state index contributed by atoms with van der Waals surface area (Å²) in [5.74, 6) is -0.0407. The number of carbonyl (C=O) groups excluding carboxylic acids is 1. The van der Waals surface area contributed by atoms with Crippen LogP contribution in [0.2, 0.25) is 0 Å². The number of hydrogen-bond donors (Lipinski definition) is 0. The number of sulfone groups is 1. The van der Waals surface area contributed by atoms with Crippen LogP contribution in [-0.2, 0) is 14.6 Å². The maximum atomic E-state index is 13.0. The third-order valence-electron chi connectivity index (χ3n) is 4.40. The zero-order valence-electron chi connectivity index (χ0n) is 14.6. The highest BCUT2D eigenvalue weighted by Crippen LogP contribution is 2.26. The van der Waals surface area contributed by atoms with Gasteiger partial charge in [-0.2, -0.15) is 0 Å². The molecule has 1 aliphatic rings. The second kappa shape index (κ2) is 8.28. The van der Waals surface area contributed by atoms with Crippen molar-refractivity contribution in [1.82, 2.24) is 9.88 Å². The van der Waals surface area contributed by atoms with Crippen LogP contribution in [0.25, 0.3) is 10.6 Å². The average molecular weight is 395 g/mol. The number of methoxy groups -OCH3 is 1. The lowest BCUT2D eigenvalue weighted by Crippen LogP contribution is -2.42. The van der Waals surface area contributed by atoms with Crippen molar-refractivity contribution in [2.75, 3.05) is 31.8 Å². The first-order valence-corrected chi connectivity index (χ1v) is 11.2. The van der Waals surface area contributed by atoms with Gasteiger partial charge in [0.15, 0.2) is 9.84 Å². The van der Waals surface area contributed by atoms with Gasteiger partial charge in [0.1, 0.15) is 10.7 Å². The Kier molecular flexibility index (Phi) is 6.05. The van der Waals surface area contributed by atoms with Crippen LogP contribution in [0, 0.1) is 0 Å². The lowest BCUT2D eigenvalue weighted by molar-refractivity contribution is 0.0669. The minimum atomic E-state index is -3.07. The van der Waals surface area contributed by atoms with E-state index in [1.54, 1.807) is 17.4 Å². The molecule has 0 spiro atoms. The molecule has 1 atom stereocenters. The van der Waals surface area contributed by atoms with Gasteiger partial charge in [-0.3, -0.25) is 4.79 Å². The Balaban J connectivity index is 1.79. The van der Waals surface area contributed by atoms with Gasteiger partial charge in [-0.15, -0.1) is 11.3 Å². The lowest BCUT2D eigenvalue weighted by Gasteiger charge is -2.27. The van der Waals surface area contributed by atoms with Crippen LogP contribution in [0.1, 0.15) is 23.3 Å². The summed E-state index contributed by atoms with van der Waals surface area (Å²) in [4.78, 5) is 19.2. The number of ether oxygens (including phenoxy) is 1. The number of hydrogen-bond acceptors (Lipinski definition) is 6. The third kappa shape index (κ3) is 4.49. The van der Waals surface area contributed by atoms with E-state index in [9.17, 15) is 13.2 Å². The Labute approximate surface area is 157 Å². The number of carbonyl (C=O) groups is 1. The van der Waals surface area contributed by atoms with Crippen molar-refractivity contribution >= 4 is 27.1 Å². The zero-order valence-corrected chi connectivity index (χ0v) is 16.3. The first-order chi connectivity index (χ1) is 12.5. The molecule has 1 aromatic heterocycles. The maximum absolute atomic E-state index is 13.0. The van der Waals surface area contributed by atoms with Gasteiger partial charge >= 0.3 is 0 Å². The van der Waals surface area contributed by atoms with Crippen LogP contribution >= 0.6 is 11.3 Å². The Bertz CT molecular complexity index is 849. The molecule has 0 N–H and O–H groups in total. The second-order valence-electron chi connectivity index (χ2n) is 6.31. The molecule has 6 nitrogen and oxygen atoms in total. The van der Waals surface area contributed by atoms with Crippen molar-refractivity contribution in [3.05, 3.63) is 41.4 Å². The van der Waals surface area contributed by atoms with Gasteiger partial charge in [0.05, 0.1) is 11.5 Å². The Morgan fingerprint density at radius 1 is 1.35 bits per heavy atom. The van der Waals surface area contributed by atoms with Gasteiger partial charge in [0.2, 0.25) is 0 Å². The molecule has 2 heterocycles. The van der Waals surface area contributed by atoms with E-state index in [0.29, 0.717) is 31.7 Å². The normalized spacial score (nSPS) is 18.7. The molecule has 3 rings (SSSR count). The molecule has 2 aromatic rings. The monoisotopic (exact) mass is 394 g/mol. The first-order valence-electron chi connectivity index (χ1n) is 8.51. The maximum Gasteiger partial charge on any atom is 0.273 e. The van der Waals surface area contributed by atoms with E-state index in [0.717, 1.165) is 10.6 Å². The van der Waals surface area contributed by atoms with E-state index in [2.05, 4.69) is 4.98 Å². The molecule has 1 aliphatic heterocycles. The van der Waals surface area contributed by atoms with E-state index in [4.69, 9.17) is 4.74 Å². The summed E-state index contributed by atoms with van der Waals surface area (Å²) in [6.07, 6.45) is 1.14. The fourth-order valence-corrected chi connectivity index (χ4v) is 5.61. The molecule has 140 valence electrons. The largest absolute Gasteiger partial charge is 0.385 e. The standard InChI is InChI=1S/C18H22N2O4S2/c1-24-10-5-9-20(15-8-11-26(22,23)13-15)18(21)16-12-25-17(19-16)14-6-3-2-4-7-14/h2-4,6-7,12,15H,5,8-11,13H2,1H3. The fraction of sp³-hybridized carbons (Fsp3) is 0.444. The summed E-state index contributed by atoms with van der Waals surface area (Å²) in [5, 5.41) is 2.53. The average Bonchev–Trinajstić information content (AvgIpc) is 3.26. The third-order valence-corrected chi connectivity index (χ3v) is 7.04. The van der Waals surface area contributed by atoms with Crippen molar-refractivity contribution in [2.24, 2.45) is 0 Å². The summed E-state index contributed by atoms with van der Waals surface area (Å²) in [7, 11) is -1.46. The highest BCUT2D eigenvalue weighted by atomic mass is 32.2. The van der Waals surface area contributed by atoms with Crippen molar-refractivity contribution in [1.29, 1.82) is 0 Å². The highest BCUT2D eigenvalue weighted by molar-refractivity contribution is 7.91. The van der Waals surface area contributed by atoms with Crippen LogP contribution in [0.15, 0.2) is 35.7 Å². The van der Waals surface area contributed by atoms with Crippen LogP contribution in [0.3, 0.4) is 0 Å². The van der Waals surface area contributed by atoms with Gasteiger partial charge in [-0.05, 0) is 12.8 Å². The summed E-state index contributed by atoms with van der Waals surface area (Å²) < 4.78 is 28.8. The van der Waals surface area contributed by atoms with Crippen LogP contribution < -0.4 is 0 Å². The van der Waals surface area contributed by atoms with Gasteiger partial charge in [-0.1, -0.05) is 30.3 Å². The predicted molar refractivity (Wildman–Crippen MR) is 102 cm³/mol. The molecular weight excluding hydrogens is 372 g/mol. The van der Waals surface area contributed by atoms with Gasteiger partial charge in [0.25, 0.3) is 5.91 Å². The molecule has 0 radical (unpaired) electrons. The molecule has 0 bridgehead atoms. The van der Waals surface area contributed by atoms with Crippen molar-refractivity contribution in [2.45, 2.75) is 18.9 Å². The summed E-state index contributed by atoms with van der Waals surface area (Å²) in [6, 6.07) is 9.41. The van der Waals surface area contributed by atoms with E-state index < -0.39 is 9.84 Å². The van der Waals surface area contributed by atoms with Gasteiger partial charge < -0.3 is 9.64 Å². The van der Waals surface area contributed by atoms with Crippen LogP contribution in [0.5, 0.6) is 0 Å². The SMILES string of the molecule is COCCCN(C(=O)c1csc(-c2ccccc2)n1)C1CCS(=O)(=O)C1. The highest BCUT2D eigenvalue weighted by Gasteiger charge is 2.35. The Morgan fingerprint density at radius 3 is 2.77 bits per heavy atom. The number of thiazole rings is 1. The fourth-order valence-electron chi connectivity index (χ4n) is 3.08. The van der Waals surface area contributed by atoms with E-state index >= 15 is 0 Å². The smallest absolute Gasteiger partial charge is 0.273 e. The number of amides is 1. The predicted octanol–water partition coefficient (Wildman–Crippen LogP) is 2.48. The zero-order chi connectivity index (χ0) is 18.6. The first kappa shape index (κ1) is 19.0. The quantitative estimate of drug-likeness (QED) is 0.674. The Hall–Kier alpha value is -1.77. The summed E-state index contributed by atoms with van der Waals surface area (Å²) in [5.41, 5.74) is 1.33. The van der Waals surface area contributed by atoms with Gasteiger partial charge in [0, 0.05) is 37.2 Å². The van der Waals surface area contributed by atoms with Crippen molar-refractivity contribution in [3.63, 3.8) is 0 Å². The molecule has 1 amide bonds. The van der Waals surface area contributed by atoms with E-state index in [1.807, 2.05) is 30.3 Å². The van der Waals surface area contributed by atoms with Crippen LogP contribution in [-0.4, -0.2) is 62.0 Å². The molecule has 8 heteroatoms.